The van der Waals surface area contributed by atoms with E-state index in [2.05, 4.69) is 5.32 Å². The number of amides is 4. The standard InChI is InChI=1S/C24H38N4O6/c1-17(2)25-22(31)18-8-4-3-5-13-28(18)23(32)19-9-7-14-27(19)21(30)11-15-34-24(33)20-10-6-12-26(20)16-29/h16-20H,3-15H2,1-2H3,(H,25,31). The maximum Gasteiger partial charge on any atom is 0.328 e. The number of carbonyl (C=O) groups excluding carboxylic acids is 5. The maximum absolute atomic E-state index is 13.5. The molecule has 34 heavy (non-hydrogen) atoms. The zero-order valence-corrected chi connectivity index (χ0v) is 20.4. The number of rotatable bonds is 8. The molecule has 0 saturated carbocycles. The average Bonchev–Trinajstić information content (AvgIpc) is 3.42. The van der Waals surface area contributed by atoms with Gasteiger partial charge in [0.15, 0.2) is 0 Å². The summed E-state index contributed by atoms with van der Waals surface area (Å²) < 4.78 is 5.27. The normalized spacial score (nSPS) is 25.3. The highest BCUT2D eigenvalue weighted by Gasteiger charge is 2.40. The molecule has 0 spiro atoms. The molecule has 3 heterocycles. The average molecular weight is 479 g/mol. The fourth-order valence-corrected chi connectivity index (χ4v) is 5.19. The zero-order chi connectivity index (χ0) is 24.7. The third-order valence-corrected chi connectivity index (χ3v) is 6.89. The number of carbonyl (C=O) groups is 5. The molecular formula is C24H38N4O6. The minimum atomic E-state index is -0.587. The summed E-state index contributed by atoms with van der Waals surface area (Å²) in [5.74, 6) is -1.03. The molecule has 3 fully saturated rings. The van der Waals surface area contributed by atoms with Crippen molar-refractivity contribution in [2.24, 2.45) is 0 Å². The van der Waals surface area contributed by atoms with Crippen LogP contribution in [0, 0.1) is 0 Å². The van der Waals surface area contributed by atoms with Crippen LogP contribution >= 0.6 is 0 Å². The molecule has 1 N–H and O–H groups in total. The summed E-state index contributed by atoms with van der Waals surface area (Å²) in [5, 5.41) is 2.93. The largest absolute Gasteiger partial charge is 0.464 e. The summed E-state index contributed by atoms with van der Waals surface area (Å²) in [5.41, 5.74) is 0. The van der Waals surface area contributed by atoms with E-state index in [1.54, 1.807) is 9.80 Å². The van der Waals surface area contributed by atoms with Crippen LogP contribution in [0.4, 0.5) is 0 Å². The highest BCUT2D eigenvalue weighted by atomic mass is 16.5. The second kappa shape index (κ2) is 12.2. The number of ether oxygens (including phenoxy) is 1. The number of hydrogen-bond acceptors (Lipinski definition) is 6. The van der Waals surface area contributed by atoms with E-state index < -0.39 is 24.1 Å². The molecule has 0 aromatic rings. The van der Waals surface area contributed by atoms with Crippen molar-refractivity contribution in [1.82, 2.24) is 20.0 Å². The lowest BCUT2D eigenvalue weighted by molar-refractivity contribution is -0.153. The predicted molar refractivity (Wildman–Crippen MR) is 123 cm³/mol. The fourth-order valence-electron chi connectivity index (χ4n) is 5.19. The molecule has 3 rings (SSSR count). The van der Waals surface area contributed by atoms with Crippen molar-refractivity contribution in [1.29, 1.82) is 0 Å². The molecule has 10 heteroatoms. The van der Waals surface area contributed by atoms with Crippen LogP contribution in [-0.2, 0) is 28.7 Å². The van der Waals surface area contributed by atoms with Gasteiger partial charge >= 0.3 is 5.97 Å². The van der Waals surface area contributed by atoms with Gasteiger partial charge in [0.25, 0.3) is 0 Å². The lowest BCUT2D eigenvalue weighted by Gasteiger charge is -2.34. The van der Waals surface area contributed by atoms with E-state index >= 15 is 0 Å². The summed E-state index contributed by atoms with van der Waals surface area (Å²) in [6.45, 7) is 5.23. The molecular weight excluding hydrogens is 440 g/mol. The Balaban J connectivity index is 1.57. The summed E-state index contributed by atoms with van der Waals surface area (Å²) in [7, 11) is 0. The lowest BCUT2D eigenvalue weighted by Crippen LogP contribution is -2.55. The van der Waals surface area contributed by atoms with Crippen molar-refractivity contribution < 1.29 is 28.7 Å². The van der Waals surface area contributed by atoms with Gasteiger partial charge in [-0.3, -0.25) is 19.2 Å². The second-order valence-corrected chi connectivity index (χ2v) is 9.72. The topological polar surface area (TPSA) is 116 Å². The van der Waals surface area contributed by atoms with Gasteiger partial charge < -0.3 is 24.8 Å². The van der Waals surface area contributed by atoms with Gasteiger partial charge in [0.05, 0.1) is 6.42 Å². The van der Waals surface area contributed by atoms with Crippen LogP contribution in [0.3, 0.4) is 0 Å². The maximum atomic E-state index is 13.5. The van der Waals surface area contributed by atoms with E-state index in [0.29, 0.717) is 45.3 Å². The lowest BCUT2D eigenvalue weighted by atomic mass is 10.1. The molecule has 4 amide bonds. The van der Waals surface area contributed by atoms with Crippen LogP contribution in [0.1, 0.15) is 71.6 Å². The van der Waals surface area contributed by atoms with Crippen LogP contribution in [0.15, 0.2) is 0 Å². The second-order valence-electron chi connectivity index (χ2n) is 9.72. The monoisotopic (exact) mass is 478 g/mol. The van der Waals surface area contributed by atoms with E-state index in [1.807, 2.05) is 13.8 Å². The Kier molecular flexibility index (Phi) is 9.29. The molecule has 0 aromatic carbocycles. The van der Waals surface area contributed by atoms with Crippen molar-refractivity contribution in [3.63, 3.8) is 0 Å². The first kappa shape index (κ1) is 26.0. The zero-order valence-electron chi connectivity index (χ0n) is 20.4. The molecule has 3 atom stereocenters. The van der Waals surface area contributed by atoms with E-state index in [-0.39, 0.29) is 36.8 Å². The molecule has 3 unspecified atom stereocenters. The van der Waals surface area contributed by atoms with Gasteiger partial charge in [-0.2, -0.15) is 0 Å². The molecule has 3 aliphatic heterocycles. The van der Waals surface area contributed by atoms with Gasteiger partial charge in [-0.15, -0.1) is 0 Å². The van der Waals surface area contributed by atoms with Crippen molar-refractivity contribution in [3.8, 4) is 0 Å². The Hall–Kier alpha value is -2.65. The van der Waals surface area contributed by atoms with Crippen molar-refractivity contribution in [2.45, 2.75) is 95.8 Å². The fraction of sp³-hybridized carbons (Fsp3) is 0.792. The third-order valence-electron chi connectivity index (χ3n) is 6.89. The van der Waals surface area contributed by atoms with Crippen LogP contribution < -0.4 is 5.32 Å². The minimum absolute atomic E-state index is 0.0113. The number of esters is 1. The summed E-state index contributed by atoms with van der Waals surface area (Å²) in [4.78, 5) is 67.2. The number of nitrogens with one attached hydrogen (secondary N) is 1. The highest BCUT2D eigenvalue weighted by Crippen LogP contribution is 2.25. The first-order valence-corrected chi connectivity index (χ1v) is 12.6. The van der Waals surface area contributed by atoms with E-state index in [9.17, 15) is 24.0 Å². The molecule has 0 aromatic heterocycles. The van der Waals surface area contributed by atoms with Crippen molar-refractivity contribution >= 4 is 30.1 Å². The number of hydrogen-bond donors (Lipinski definition) is 1. The smallest absolute Gasteiger partial charge is 0.328 e. The first-order chi connectivity index (χ1) is 16.3. The van der Waals surface area contributed by atoms with Gasteiger partial charge in [0.1, 0.15) is 24.7 Å². The van der Waals surface area contributed by atoms with Crippen molar-refractivity contribution in [3.05, 3.63) is 0 Å². The summed E-state index contributed by atoms with van der Waals surface area (Å²) in [6, 6.07) is -1.69. The Morgan fingerprint density at radius 3 is 2.29 bits per heavy atom. The summed E-state index contributed by atoms with van der Waals surface area (Å²) in [6.07, 6.45) is 6.56. The van der Waals surface area contributed by atoms with Gasteiger partial charge in [-0.25, -0.2) is 4.79 Å². The summed E-state index contributed by atoms with van der Waals surface area (Å²) >= 11 is 0. The van der Waals surface area contributed by atoms with Crippen LogP contribution in [0.25, 0.3) is 0 Å². The van der Waals surface area contributed by atoms with Crippen LogP contribution in [0.5, 0.6) is 0 Å². The Labute approximate surface area is 201 Å². The molecule has 190 valence electrons. The number of likely N-dealkylation sites (tertiary alicyclic amines) is 3. The first-order valence-electron chi connectivity index (χ1n) is 12.6. The third kappa shape index (κ3) is 6.27. The Morgan fingerprint density at radius 2 is 1.56 bits per heavy atom. The molecule has 3 aliphatic rings. The van der Waals surface area contributed by atoms with E-state index in [0.717, 1.165) is 32.1 Å². The molecule has 10 nitrogen and oxygen atoms in total. The van der Waals surface area contributed by atoms with E-state index in [1.165, 1.54) is 4.90 Å². The van der Waals surface area contributed by atoms with Crippen molar-refractivity contribution in [2.75, 3.05) is 26.2 Å². The minimum Gasteiger partial charge on any atom is -0.464 e. The highest BCUT2D eigenvalue weighted by molar-refractivity contribution is 5.92. The SMILES string of the molecule is CC(C)NC(=O)C1CCCCCN1C(=O)C1CCCN1C(=O)CCOC(=O)C1CCCN1C=O. The Bertz CT molecular complexity index is 773. The number of nitrogens with zero attached hydrogens (tertiary/aromatic N) is 3. The molecule has 0 aliphatic carbocycles. The van der Waals surface area contributed by atoms with Crippen LogP contribution in [-0.4, -0.2) is 95.2 Å². The quantitative estimate of drug-likeness (QED) is 0.408. The molecule has 3 saturated heterocycles. The Morgan fingerprint density at radius 1 is 0.882 bits per heavy atom. The van der Waals surface area contributed by atoms with E-state index in [4.69, 9.17) is 4.74 Å². The predicted octanol–water partition coefficient (Wildman–Crippen LogP) is 0.827. The molecule has 0 bridgehead atoms. The van der Waals surface area contributed by atoms with Gasteiger partial charge in [-0.1, -0.05) is 12.8 Å². The van der Waals surface area contributed by atoms with Gasteiger partial charge in [0.2, 0.25) is 24.1 Å². The van der Waals surface area contributed by atoms with Gasteiger partial charge in [-0.05, 0) is 52.4 Å². The van der Waals surface area contributed by atoms with Crippen LogP contribution in [0.2, 0.25) is 0 Å². The van der Waals surface area contributed by atoms with Gasteiger partial charge in [0, 0.05) is 25.7 Å². The molecule has 0 radical (unpaired) electrons.